The third kappa shape index (κ3) is 3.28. The first kappa shape index (κ1) is 16.1. The molecule has 0 saturated heterocycles. The maximum atomic E-state index is 13.7. The quantitative estimate of drug-likeness (QED) is 0.880. The molecule has 1 aromatic heterocycles. The Morgan fingerprint density at radius 3 is 2.87 bits per heavy atom. The molecule has 2 N–H and O–H groups in total. The van der Waals surface area contributed by atoms with Crippen LogP contribution in [0.2, 0.25) is 0 Å². The lowest BCUT2D eigenvalue weighted by molar-refractivity contribution is -0.123. The van der Waals surface area contributed by atoms with Gasteiger partial charge in [0.1, 0.15) is 5.60 Å². The van der Waals surface area contributed by atoms with Crippen molar-refractivity contribution in [2.24, 2.45) is 5.92 Å². The van der Waals surface area contributed by atoms with Crippen molar-refractivity contribution in [3.63, 3.8) is 0 Å². The first-order valence-corrected chi connectivity index (χ1v) is 8.26. The van der Waals surface area contributed by atoms with Gasteiger partial charge in [0.25, 0.3) is 0 Å². The van der Waals surface area contributed by atoms with E-state index in [1.807, 2.05) is 11.4 Å². The minimum Gasteiger partial charge on any atom is -0.383 e. The fourth-order valence-corrected chi connectivity index (χ4v) is 3.48. The minimum absolute atomic E-state index is 0.0845. The second-order valence-electron chi connectivity index (χ2n) is 6.06. The van der Waals surface area contributed by atoms with Crippen molar-refractivity contribution in [1.82, 2.24) is 5.32 Å². The van der Waals surface area contributed by atoms with E-state index in [-0.39, 0.29) is 29.9 Å². The summed E-state index contributed by atoms with van der Waals surface area (Å²) in [5.41, 5.74) is -0.895. The van der Waals surface area contributed by atoms with Crippen molar-refractivity contribution >= 4 is 17.2 Å². The van der Waals surface area contributed by atoms with Crippen LogP contribution in [0.25, 0.3) is 0 Å². The first-order valence-electron chi connectivity index (χ1n) is 7.38. The summed E-state index contributed by atoms with van der Waals surface area (Å²) >= 11 is 1.41. The Morgan fingerprint density at radius 2 is 2.17 bits per heavy atom. The number of carbonyl (C=O) groups is 1. The van der Waals surface area contributed by atoms with E-state index in [9.17, 15) is 18.7 Å². The van der Waals surface area contributed by atoms with E-state index in [0.717, 1.165) is 10.9 Å². The van der Waals surface area contributed by atoms with Gasteiger partial charge in [0.15, 0.2) is 11.6 Å². The summed E-state index contributed by atoms with van der Waals surface area (Å²) in [6.07, 6.45) is 0.493. The summed E-state index contributed by atoms with van der Waals surface area (Å²) in [4.78, 5) is 12.9. The van der Waals surface area contributed by atoms with Gasteiger partial charge in [-0.1, -0.05) is 18.2 Å². The summed E-state index contributed by atoms with van der Waals surface area (Å²) in [6, 6.07) is 7.66. The maximum absolute atomic E-state index is 13.7. The average Bonchev–Trinajstić information content (AvgIpc) is 3.09. The molecule has 122 valence electrons. The molecule has 0 aliphatic heterocycles. The van der Waals surface area contributed by atoms with Crippen molar-refractivity contribution < 1.29 is 18.7 Å². The van der Waals surface area contributed by atoms with Crippen LogP contribution in [0, 0.1) is 17.6 Å². The average molecular weight is 337 g/mol. The molecule has 1 aliphatic rings. The molecule has 3 atom stereocenters. The highest BCUT2D eigenvalue weighted by Gasteiger charge is 2.45. The van der Waals surface area contributed by atoms with E-state index in [1.54, 1.807) is 13.0 Å². The standard InChI is InChI=1S/C17H17F2NO2S/c1-17(22,14-6-3-7-23-14)9-20-16(21)12-8-11(12)10-4-2-5-13(18)15(10)19/h2-7,11-12,22H,8-9H2,1H3,(H,20,21)/t11-,12+,17-/m0/s1. The third-order valence-electron chi connectivity index (χ3n) is 4.17. The number of amides is 1. The number of benzene rings is 1. The molecule has 1 fully saturated rings. The van der Waals surface area contributed by atoms with Crippen molar-refractivity contribution in [2.45, 2.75) is 24.9 Å². The number of nitrogens with one attached hydrogen (secondary N) is 1. The van der Waals surface area contributed by atoms with Gasteiger partial charge in [-0.2, -0.15) is 0 Å². The molecule has 0 bridgehead atoms. The first-order chi connectivity index (χ1) is 10.9. The van der Waals surface area contributed by atoms with Gasteiger partial charge in [0.05, 0.1) is 6.54 Å². The van der Waals surface area contributed by atoms with Crippen LogP contribution in [0.3, 0.4) is 0 Å². The number of aliphatic hydroxyl groups is 1. The van der Waals surface area contributed by atoms with Crippen molar-refractivity contribution in [1.29, 1.82) is 0 Å². The highest BCUT2D eigenvalue weighted by molar-refractivity contribution is 7.10. The molecule has 1 aliphatic carbocycles. The van der Waals surface area contributed by atoms with Crippen molar-refractivity contribution in [3.8, 4) is 0 Å². The SMILES string of the molecule is C[C@](O)(CNC(=O)[C@@H]1C[C@H]1c1cccc(F)c1F)c1cccs1. The van der Waals surface area contributed by atoms with Crippen molar-refractivity contribution in [3.05, 3.63) is 57.8 Å². The Labute approximate surface area is 137 Å². The molecule has 1 saturated carbocycles. The lowest BCUT2D eigenvalue weighted by Gasteiger charge is -2.22. The van der Waals surface area contributed by atoms with E-state index in [1.165, 1.54) is 23.5 Å². The van der Waals surface area contributed by atoms with Crippen LogP contribution in [0.4, 0.5) is 8.78 Å². The van der Waals surface area contributed by atoms with E-state index in [4.69, 9.17) is 0 Å². The fraction of sp³-hybridized carbons (Fsp3) is 0.353. The molecular formula is C17H17F2NO2S. The van der Waals surface area contributed by atoms with Gasteiger partial charge < -0.3 is 10.4 Å². The normalized spacial score (nSPS) is 22.4. The second-order valence-corrected chi connectivity index (χ2v) is 7.01. The Hall–Kier alpha value is -1.79. The monoisotopic (exact) mass is 337 g/mol. The Balaban J connectivity index is 1.60. The molecule has 23 heavy (non-hydrogen) atoms. The van der Waals surface area contributed by atoms with E-state index < -0.39 is 17.2 Å². The summed E-state index contributed by atoms with van der Waals surface area (Å²) in [6.45, 7) is 1.72. The molecule has 3 nitrogen and oxygen atoms in total. The van der Waals surface area contributed by atoms with Gasteiger partial charge in [-0.3, -0.25) is 4.79 Å². The number of hydrogen-bond donors (Lipinski definition) is 2. The van der Waals surface area contributed by atoms with Crippen LogP contribution < -0.4 is 5.32 Å². The molecule has 1 heterocycles. The third-order valence-corrected chi connectivity index (χ3v) is 5.29. The topological polar surface area (TPSA) is 49.3 Å². The zero-order chi connectivity index (χ0) is 16.6. The van der Waals surface area contributed by atoms with E-state index in [2.05, 4.69) is 5.32 Å². The Kier molecular flexibility index (Phi) is 4.21. The largest absolute Gasteiger partial charge is 0.383 e. The Bertz CT molecular complexity index is 715. The zero-order valence-corrected chi connectivity index (χ0v) is 13.4. The second kappa shape index (κ2) is 6.02. The molecule has 6 heteroatoms. The smallest absolute Gasteiger partial charge is 0.223 e. The lowest BCUT2D eigenvalue weighted by atomic mass is 10.0. The van der Waals surface area contributed by atoms with Gasteiger partial charge >= 0.3 is 0 Å². The summed E-state index contributed by atoms with van der Waals surface area (Å²) in [5, 5.41) is 14.9. The minimum atomic E-state index is -1.14. The van der Waals surface area contributed by atoms with E-state index in [0.29, 0.717) is 6.42 Å². The summed E-state index contributed by atoms with van der Waals surface area (Å²) in [5.74, 6) is -2.68. The molecule has 2 aromatic rings. The number of rotatable bonds is 5. The van der Waals surface area contributed by atoms with Crippen LogP contribution >= 0.6 is 11.3 Å². The highest BCUT2D eigenvalue weighted by atomic mass is 32.1. The summed E-state index contributed by atoms with van der Waals surface area (Å²) < 4.78 is 27.0. The fourth-order valence-electron chi connectivity index (χ4n) is 2.70. The molecule has 1 aromatic carbocycles. The number of halogens is 2. The predicted octanol–water partition coefficient (Wildman–Crippen LogP) is 3.15. The van der Waals surface area contributed by atoms with Crippen LogP contribution in [0.1, 0.15) is 29.7 Å². The zero-order valence-electron chi connectivity index (χ0n) is 12.6. The van der Waals surface area contributed by atoms with E-state index >= 15 is 0 Å². The number of thiophene rings is 1. The van der Waals surface area contributed by atoms with Gasteiger partial charge in [-0.25, -0.2) is 8.78 Å². The number of hydrogen-bond acceptors (Lipinski definition) is 3. The molecule has 0 unspecified atom stereocenters. The van der Waals surface area contributed by atoms with Gasteiger partial charge in [0, 0.05) is 10.8 Å². The van der Waals surface area contributed by atoms with Crippen LogP contribution in [0.15, 0.2) is 35.7 Å². The molecular weight excluding hydrogens is 320 g/mol. The maximum Gasteiger partial charge on any atom is 0.223 e. The summed E-state index contributed by atoms with van der Waals surface area (Å²) in [7, 11) is 0. The van der Waals surface area contributed by atoms with Gasteiger partial charge in [-0.05, 0) is 42.3 Å². The van der Waals surface area contributed by atoms with Crippen LogP contribution in [0.5, 0.6) is 0 Å². The highest BCUT2D eigenvalue weighted by Crippen LogP contribution is 2.48. The predicted molar refractivity (Wildman–Crippen MR) is 84.1 cm³/mol. The molecule has 3 rings (SSSR count). The van der Waals surface area contributed by atoms with Crippen molar-refractivity contribution in [2.75, 3.05) is 6.54 Å². The number of carbonyl (C=O) groups excluding carboxylic acids is 1. The van der Waals surface area contributed by atoms with Crippen LogP contribution in [-0.4, -0.2) is 17.6 Å². The van der Waals surface area contributed by atoms with Gasteiger partial charge in [-0.15, -0.1) is 11.3 Å². The Morgan fingerprint density at radius 1 is 1.39 bits per heavy atom. The molecule has 0 radical (unpaired) electrons. The molecule has 1 amide bonds. The van der Waals surface area contributed by atoms with Crippen LogP contribution in [-0.2, 0) is 10.4 Å². The van der Waals surface area contributed by atoms with Gasteiger partial charge in [0.2, 0.25) is 5.91 Å². The molecule has 0 spiro atoms. The lowest BCUT2D eigenvalue weighted by Crippen LogP contribution is -2.38.